The molecule has 0 radical (unpaired) electrons. The van der Waals surface area contributed by atoms with Crippen molar-refractivity contribution in [3.8, 4) is 0 Å². The second-order valence-corrected chi connectivity index (χ2v) is 7.10. The van der Waals surface area contributed by atoms with Crippen LogP contribution >= 0.6 is 15.9 Å². The standard InChI is InChI=1S/C21H13BrN2O4/c22-13-9-15(24-14-8-4-3-7-12(14)21(27)28)16-17(18(13)23)20(26)11-6-2-1-5-10(11)19(16)25/h1-9,24H,23H2,(H,27,28). The molecule has 0 bridgehead atoms. The van der Waals surface area contributed by atoms with Gasteiger partial charge in [-0.25, -0.2) is 4.79 Å². The first-order chi connectivity index (χ1) is 13.4. The fourth-order valence-electron chi connectivity index (χ4n) is 3.31. The lowest BCUT2D eigenvalue weighted by Crippen LogP contribution is -2.24. The average molecular weight is 437 g/mol. The molecule has 3 aromatic carbocycles. The molecule has 4 N–H and O–H groups in total. The minimum atomic E-state index is -1.11. The summed E-state index contributed by atoms with van der Waals surface area (Å²) in [5, 5.41) is 12.4. The van der Waals surface area contributed by atoms with Gasteiger partial charge in [-0.1, -0.05) is 36.4 Å². The van der Waals surface area contributed by atoms with Crippen molar-refractivity contribution in [2.24, 2.45) is 0 Å². The summed E-state index contributed by atoms with van der Waals surface area (Å²) < 4.78 is 0.432. The van der Waals surface area contributed by atoms with E-state index in [9.17, 15) is 19.5 Å². The van der Waals surface area contributed by atoms with E-state index in [-0.39, 0.29) is 39.5 Å². The van der Waals surface area contributed by atoms with Gasteiger partial charge in [0.2, 0.25) is 0 Å². The van der Waals surface area contributed by atoms with Crippen molar-refractivity contribution in [3.05, 3.63) is 86.9 Å². The van der Waals surface area contributed by atoms with Crippen LogP contribution in [0.5, 0.6) is 0 Å². The van der Waals surface area contributed by atoms with Crippen molar-refractivity contribution in [3.63, 3.8) is 0 Å². The number of anilines is 3. The number of hydrogen-bond acceptors (Lipinski definition) is 5. The molecule has 138 valence electrons. The molecule has 0 aromatic heterocycles. The zero-order valence-electron chi connectivity index (χ0n) is 14.3. The third kappa shape index (κ3) is 2.68. The van der Waals surface area contributed by atoms with E-state index in [4.69, 9.17) is 5.73 Å². The molecule has 4 rings (SSSR count). The van der Waals surface area contributed by atoms with Gasteiger partial charge in [-0.2, -0.15) is 0 Å². The highest BCUT2D eigenvalue weighted by molar-refractivity contribution is 9.10. The Bertz CT molecular complexity index is 1190. The number of carbonyl (C=O) groups excluding carboxylic acids is 2. The number of rotatable bonds is 3. The number of carbonyl (C=O) groups is 3. The van der Waals surface area contributed by atoms with Crippen molar-refractivity contribution in [1.82, 2.24) is 0 Å². The van der Waals surface area contributed by atoms with Crippen molar-refractivity contribution in [1.29, 1.82) is 0 Å². The Morgan fingerprint density at radius 3 is 2.11 bits per heavy atom. The molecule has 0 unspecified atom stereocenters. The molecule has 0 saturated heterocycles. The van der Waals surface area contributed by atoms with Crippen LogP contribution in [0.3, 0.4) is 0 Å². The van der Waals surface area contributed by atoms with Crippen LogP contribution < -0.4 is 11.1 Å². The Balaban J connectivity index is 1.95. The number of aromatic carboxylic acids is 1. The number of carboxylic acid groups (broad SMARTS) is 1. The first-order valence-electron chi connectivity index (χ1n) is 8.30. The van der Waals surface area contributed by atoms with Gasteiger partial charge in [0, 0.05) is 15.6 Å². The molecule has 0 aliphatic heterocycles. The quantitative estimate of drug-likeness (QED) is 0.414. The average Bonchev–Trinajstić information content (AvgIpc) is 2.69. The van der Waals surface area contributed by atoms with Crippen LogP contribution in [0.1, 0.15) is 42.2 Å². The summed E-state index contributed by atoms with van der Waals surface area (Å²) in [5.74, 6) is -1.81. The van der Waals surface area contributed by atoms with Crippen molar-refractivity contribution in [2.75, 3.05) is 11.1 Å². The third-order valence-corrected chi connectivity index (χ3v) is 5.27. The number of para-hydroxylation sites is 1. The van der Waals surface area contributed by atoms with Crippen molar-refractivity contribution >= 4 is 50.5 Å². The number of halogens is 1. The first-order valence-corrected chi connectivity index (χ1v) is 9.09. The Morgan fingerprint density at radius 2 is 1.46 bits per heavy atom. The molecular weight excluding hydrogens is 424 g/mol. The first kappa shape index (κ1) is 17.9. The van der Waals surface area contributed by atoms with Crippen molar-refractivity contribution in [2.45, 2.75) is 0 Å². The number of nitrogen functional groups attached to an aromatic ring is 1. The van der Waals surface area contributed by atoms with Gasteiger partial charge in [-0.05, 0) is 34.1 Å². The molecule has 1 aliphatic rings. The molecule has 7 heteroatoms. The van der Waals surface area contributed by atoms with Crippen molar-refractivity contribution < 1.29 is 19.5 Å². The lowest BCUT2D eigenvalue weighted by molar-refractivity contribution is 0.0697. The Hall–Kier alpha value is -3.45. The second-order valence-electron chi connectivity index (χ2n) is 6.25. The summed E-state index contributed by atoms with van der Waals surface area (Å²) in [7, 11) is 0. The van der Waals surface area contributed by atoms with Crippen LogP contribution in [0, 0.1) is 0 Å². The molecule has 0 spiro atoms. The molecule has 0 amide bonds. The fraction of sp³-hybridized carbons (Fsp3) is 0. The fourth-order valence-corrected chi connectivity index (χ4v) is 3.73. The van der Waals surface area contributed by atoms with Gasteiger partial charge in [0.15, 0.2) is 11.6 Å². The number of benzene rings is 3. The maximum atomic E-state index is 13.2. The number of nitrogens with one attached hydrogen (secondary N) is 1. The largest absolute Gasteiger partial charge is 0.478 e. The van der Waals surface area contributed by atoms with E-state index in [0.717, 1.165) is 0 Å². The van der Waals surface area contributed by atoms with Crippen LogP contribution in [0.25, 0.3) is 0 Å². The summed E-state index contributed by atoms with van der Waals surface area (Å²) in [6.45, 7) is 0. The monoisotopic (exact) mass is 436 g/mol. The summed E-state index contributed by atoms with van der Waals surface area (Å²) >= 11 is 3.33. The normalized spacial score (nSPS) is 12.3. The minimum absolute atomic E-state index is 0.0409. The van der Waals surface area contributed by atoms with E-state index < -0.39 is 5.97 Å². The van der Waals surface area contributed by atoms with E-state index in [1.807, 2.05) is 0 Å². The zero-order valence-corrected chi connectivity index (χ0v) is 15.9. The maximum absolute atomic E-state index is 13.2. The van der Waals surface area contributed by atoms with Crippen LogP contribution in [0.4, 0.5) is 17.1 Å². The molecule has 28 heavy (non-hydrogen) atoms. The van der Waals surface area contributed by atoms with Gasteiger partial charge in [0.1, 0.15) is 0 Å². The highest BCUT2D eigenvalue weighted by Gasteiger charge is 2.34. The zero-order chi connectivity index (χ0) is 20.0. The predicted octanol–water partition coefficient (Wildman–Crippen LogP) is 4.25. The van der Waals surface area contributed by atoms with E-state index in [0.29, 0.717) is 21.4 Å². The molecule has 0 atom stereocenters. The number of ketones is 2. The van der Waals surface area contributed by atoms with E-state index in [1.54, 1.807) is 48.5 Å². The number of carboxylic acids is 1. The Kier molecular flexibility index (Phi) is 4.24. The highest BCUT2D eigenvalue weighted by atomic mass is 79.9. The summed E-state index contributed by atoms with van der Waals surface area (Å²) in [6.07, 6.45) is 0. The van der Waals surface area contributed by atoms with Gasteiger partial charge < -0.3 is 16.2 Å². The highest BCUT2D eigenvalue weighted by Crippen LogP contribution is 2.40. The molecule has 3 aromatic rings. The number of nitrogens with two attached hydrogens (primary N) is 1. The Labute approximate surface area is 168 Å². The molecular formula is C21H13BrN2O4. The second kappa shape index (κ2) is 6.61. The molecule has 0 saturated carbocycles. The smallest absolute Gasteiger partial charge is 0.337 e. The van der Waals surface area contributed by atoms with Crippen LogP contribution in [-0.4, -0.2) is 22.6 Å². The van der Waals surface area contributed by atoms with Crippen LogP contribution in [-0.2, 0) is 0 Å². The lowest BCUT2D eigenvalue weighted by atomic mass is 9.82. The van der Waals surface area contributed by atoms with Gasteiger partial charge in [0.25, 0.3) is 0 Å². The maximum Gasteiger partial charge on any atom is 0.337 e. The van der Waals surface area contributed by atoms with E-state index >= 15 is 0 Å². The Morgan fingerprint density at radius 1 is 0.893 bits per heavy atom. The molecule has 0 fully saturated rings. The summed E-state index contributed by atoms with van der Waals surface area (Å²) in [6, 6.07) is 14.4. The van der Waals surface area contributed by atoms with Gasteiger partial charge in [-0.15, -0.1) is 0 Å². The topological polar surface area (TPSA) is 109 Å². The third-order valence-electron chi connectivity index (χ3n) is 4.61. The lowest BCUT2D eigenvalue weighted by Gasteiger charge is -2.23. The summed E-state index contributed by atoms with van der Waals surface area (Å²) in [5.41, 5.74) is 7.74. The minimum Gasteiger partial charge on any atom is -0.478 e. The SMILES string of the molecule is Nc1c(Br)cc(Nc2ccccc2C(=O)O)c2c1C(=O)c1ccccc1C2=O. The number of hydrogen-bond donors (Lipinski definition) is 3. The van der Waals surface area contributed by atoms with Gasteiger partial charge in [-0.3, -0.25) is 9.59 Å². The van der Waals surface area contributed by atoms with Crippen LogP contribution in [0.2, 0.25) is 0 Å². The van der Waals surface area contributed by atoms with E-state index in [2.05, 4.69) is 21.2 Å². The summed E-state index contributed by atoms with van der Waals surface area (Å²) in [4.78, 5) is 37.7. The molecule has 1 aliphatic carbocycles. The van der Waals surface area contributed by atoms with Gasteiger partial charge >= 0.3 is 5.97 Å². The van der Waals surface area contributed by atoms with E-state index in [1.165, 1.54) is 6.07 Å². The number of fused-ring (bicyclic) bond motifs is 2. The predicted molar refractivity (Wildman–Crippen MR) is 109 cm³/mol. The van der Waals surface area contributed by atoms with Crippen LogP contribution in [0.15, 0.2) is 59.1 Å². The molecule has 0 heterocycles. The molecule has 6 nitrogen and oxygen atoms in total. The van der Waals surface area contributed by atoms with Gasteiger partial charge in [0.05, 0.1) is 33.8 Å².